The number of pyridine rings is 1. The third-order valence-electron chi connectivity index (χ3n) is 7.61. The molecule has 0 aliphatic carbocycles. The fraction of sp³-hybridized carbons (Fsp3) is 0.312. The maximum absolute atomic E-state index is 15.2. The second-order valence-electron chi connectivity index (χ2n) is 10.8. The Labute approximate surface area is 262 Å². The number of primary amides is 1. The number of nitrogens with one attached hydrogen (secondary N) is 3. The van der Waals surface area contributed by atoms with Gasteiger partial charge in [-0.15, -0.1) is 0 Å². The molecule has 5 N–H and O–H groups in total. The number of alkyl carbamates (subject to hydrolysis) is 1. The average molecular weight is 639 g/mol. The monoisotopic (exact) mass is 638 g/mol. The van der Waals surface area contributed by atoms with Crippen molar-refractivity contribution in [3.8, 4) is 0 Å². The highest BCUT2D eigenvalue weighted by molar-refractivity contribution is 5.85. The fourth-order valence-electron chi connectivity index (χ4n) is 5.23. The molecule has 1 aliphatic rings. The predicted molar refractivity (Wildman–Crippen MR) is 160 cm³/mol. The van der Waals surface area contributed by atoms with Gasteiger partial charge in [0.25, 0.3) is 0 Å². The molecule has 4 aromatic rings. The molecule has 3 atom stereocenters. The molecule has 1 fully saturated rings. The van der Waals surface area contributed by atoms with E-state index in [2.05, 4.69) is 26.1 Å². The Kier molecular flexibility index (Phi) is 10.8. The maximum Gasteiger partial charge on any atom is 0.407 e. The van der Waals surface area contributed by atoms with E-state index in [1.807, 2.05) is 0 Å². The van der Waals surface area contributed by atoms with Crippen molar-refractivity contribution in [2.24, 2.45) is 5.73 Å². The number of carbonyl (C=O) groups excluding carboxylic acids is 2. The maximum atomic E-state index is 15.2. The summed E-state index contributed by atoms with van der Waals surface area (Å²) in [7, 11) is 0. The van der Waals surface area contributed by atoms with Gasteiger partial charge < -0.3 is 35.7 Å². The number of aromatic nitrogens is 2. The zero-order valence-corrected chi connectivity index (χ0v) is 24.6. The highest BCUT2D eigenvalue weighted by atomic mass is 19.1. The molecule has 242 valence electrons. The Bertz CT molecular complexity index is 1540. The lowest BCUT2D eigenvalue weighted by atomic mass is 9.84. The number of morpholine rings is 1. The molecule has 2 aromatic heterocycles. The Morgan fingerprint density at radius 1 is 1.02 bits per heavy atom. The van der Waals surface area contributed by atoms with Crippen LogP contribution in [0.2, 0.25) is 0 Å². The molecule has 0 radical (unpaired) electrons. The lowest BCUT2D eigenvalue weighted by Crippen LogP contribution is -2.49. The molecule has 0 unspecified atom stereocenters. The van der Waals surface area contributed by atoms with Crippen LogP contribution in [0.1, 0.15) is 34.8 Å². The van der Waals surface area contributed by atoms with Gasteiger partial charge in [0.1, 0.15) is 30.1 Å². The number of amides is 2. The number of nitrogens with two attached hydrogens (primary N) is 1. The van der Waals surface area contributed by atoms with Gasteiger partial charge >= 0.3 is 6.09 Å². The number of hydrogen-bond donors (Lipinski definition) is 4. The van der Waals surface area contributed by atoms with Gasteiger partial charge in [-0.3, -0.25) is 9.78 Å². The van der Waals surface area contributed by atoms with Crippen molar-refractivity contribution in [3.05, 3.63) is 113 Å². The lowest BCUT2D eigenvalue weighted by Gasteiger charge is -2.31. The van der Waals surface area contributed by atoms with Crippen molar-refractivity contribution in [3.63, 3.8) is 0 Å². The van der Waals surface area contributed by atoms with Crippen LogP contribution in [0.4, 0.5) is 23.7 Å². The van der Waals surface area contributed by atoms with Crippen molar-refractivity contribution in [1.29, 1.82) is 0 Å². The van der Waals surface area contributed by atoms with E-state index in [1.165, 1.54) is 60.9 Å². The Balaban J connectivity index is 1.21. The largest absolute Gasteiger partial charge is 0.448 e. The van der Waals surface area contributed by atoms with Gasteiger partial charge in [-0.2, -0.15) is 0 Å². The second-order valence-corrected chi connectivity index (χ2v) is 10.8. The van der Waals surface area contributed by atoms with Gasteiger partial charge in [-0.25, -0.2) is 18.0 Å². The van der Waals surface area contributed by atoms with Crippen LogP contribution in [0.3, 0.4) is 0 Å². The molecule has 5 rings (SSSR count). The molecule has 2 aromatic carbocycles. The van der Waals surface area contributed by atoms with Crippen molar-refractivity contribution in [1.82, 2.24) is 20.8 Å². The van der Waals surface area contributed by atoms with Gasteiger partial charge in [0.2, 0.25) is 5.91 Å². The molecule has 0 saturated carbocycles. The minimum atomic E-state index is -1.13. The number of halogens is 3. The highest BCUT2D eigenvalue weighted by Gasteiger charge is 2.31. The molecule has 0 spiro atoms. The van der Waals surface area contributed by atoms with Crippen LogP contribution in [-0.2, 0) is 27.2 Å². The average Bonchev–Trinajstić information content (AvgIpc) is 3.58. The Hall–Kier alpha value is -4.95. The summed E-state index contributed by atoms with van der Waals surface area (Å²) < 4.78 is 58.8. The topological polar surface area (TPSA) is 154 Å². The first-order chi connectivity index (χ1) is 22.3. The van der Waals surface area contributed by atoms with Gasteiger partial charge in [0.05, 0.1) is 49.6 Å². The van der Waals surface area contributed by atoms with Crippen LogP contribution in [0, 0.1) is 17.5 Å². The minimum absolute atomic E-state index is 0.0831. The van der Waals surface area contributed by atoms with E-state index in [9.17, 15) is 18.4 Å². The van der Waals surface area contributed by atoms with Crippen LogP contribution in [-0.4, -0.2) is 60.1 Å². The Morgan fingerprint density at radius 2 is 1.72 bits per heavy atom. The first kappa shape index (κ1) is 32.4. The number of hydrogen-bond acceptors (Lipinski definition) is 9. The molecule has 1 saturated heterocycles. The number of carbonyl (C=O) groups is 2. The van der Waals surface area contributed by atoms with E-state index < -0.39 is 41.4 Å². The molecular formula is C32H33F3N6O5. The normalized spacial score (nSPS) is 17.0. The van der Waals surface area contributed by atoms with Crippen LogP contribution in [0.15, 0.2) is 77.7 Å². The third-order valence-corrected chi connectivity index (χ3v) is 7.61. The molecule has 0 bridgehead atoms. The lowest BCUT2D eigenvalue weighted by molar-refractivity contribution is -0.119. The van der Waals surface area contributed by atoms with Crippen LogP contribution in [0.25, 0.3) is 0 Å². The molecule has 11 nitrogen and oxygen atoms in total. The van der Waals surface area contributed by atoms with Gasteiger partial charge in [0.15, 0.2) is 5.76 Å². The summed E-state index contributed by atoms with van der Waals surface area (Å²) in [5, 5.41) is 12.5. The van der Waals surface area contributed by atoms with E-state index in [-0.39, 0.29) is 49.6 Å². The van der Waals surface area contributed by atoms with E-state index in [0.29, 0.717) is 29.9 Å². The first-order valence-electron chi connectivity index (χ1n) is 14.6. The standard InChI is InChI=1S/C32H33F3N6O5/c33-21-5-1-19(2-6-21)29(20-3-7-22(34)8-4-20)30(31(36)42)41-28-16-37-15-27(35)26(28)10-9-24-13-38-23(17-44-24)18-45-32(43)39-14-25-11-12-40-46-25/h1-8,11-12,15-16,23-24,29-30,38,41H,9-10,13-14,17-18H2,(H2,36,42)(H,39,43)/t23-,24+,30-/m0/s1. The molecule has 46 heavy (non-hydrogen) atoms. The summed E-state index contributed by atoms with van der Waals surface area (Å²) in [6.07, 6.45) is 3.74. The number of benzene rings is 2. The minimum Gasteiger partial charge on any atom is -0.448 e. The van der Waals surface area contributed by atoms with E-state index >= 15 is 4.39 Å². The third kappa shape index (κ3) is 8.61. The molecule has 3 heterocycles. The summed E-state index contributed by atoms with van der Waals surface area (Å²) in [5.74, 6) is -2.54. The zero-order valence-electron chi connectivity index (χ0n) is 24.6. The summed E-state index contributed by atoms with van der Waals surface area (Å²) in [5.41, 5.74) is 7.48. The zero-order chi connectivity index (χ0) is 32.5. The van der Waals surface area contributed by atoms with Crippen molar-refractivity contribution in [2.75, 3.05) is 25.1 Å². The van der Waals surface area contributed by atoms with E-state index in [4.69, 9.17) is 19.7 Å². The number of rotatable bonds is 13. The second kappa shape index (κ2) is 15.4. The summed E-state index contributed by atoms with van der Waals surface area (Å²) in [6, 6.07) is 11.4. The SMILES string of the molecule is NC(=O)[C@@H](Nc1cncc(F)c1CC[C@@H]1CN[C@H](COC(=O)NCc2ccno2)CO1)C(c1ccc(F)cc1)c1ccc(F)cc1. The quantitative estimate of drug-likeness (QED) is 0.171. The highest BCUT2D eigenvalue weighted by Crippen LogP contribution is 2.32. The molecule has 2 amide bonds. The first-order valence-corrected chi connectivity index (χ1v) is 14.6. The fourth-order valence-corrected chi connectivity index (χ4v) is 5.23. The van der Waals surface area contributed by atoms with Crippen molar-refractivity contribution in [2.45, 2.75) is 43.5 Å². The summed E-state index contributed by atoms with van der Waals surface area (Å²) >= 11 is 0. The number of nitrogens with zero attached hydrogens (tertiary/aromatic N) is 2. The molecular weight excluding hydrogens is 605 g/mol. The summed E-state index contributed by atoms with van der Waals surface area (Å²) in [6.45, 7) is 0.937. The predicted octanol–water partition coefficient (Wildman–Crippen LogP) is 3.80. The Morgan fingerprint density at radius 3 is 2.30 bits per heavy atom. The smallest absolute Gasteiger partial charge is 0.407 e. The van der Waals surface area contributed by atoms with Gasteiger partial charge in [0, 0.05) is 24.1 Å². The van der Waals surface area contributed by atoms with Crippen LogP contribution >= 0.6 is 0 Å². The van der Waals surface area contributed by atoms with E-state index in [0.717, 1.165) is 6.20 Å². The van der Waals surface area contributed by atoms with Crippen LogP contribution < -0.4 is 21.7 Å². The van der Waals surface area contributed by atoms with Crippen molar-refractivity contribution < 1.29 is 36.8 Å². The summed E-state index contributed by atoms with van der Waals surface area (Å²) in [4.78, 5) is 28.8. The molecule has 14 heteroatoms. The van der Waals surface area contributed by atoms with Crippen LogP contribution in [0.5, 0.6) is 0 Å². The van der Waals surface area contributed by atoms with E-state index in [1.54, 1.807) is 6.07 Å². The van der Waals surface area contributed by atoms with Gasteiger partial charge in [-0.1, -0.05) is 29.4 Å². The number of ether oxygens (including phenoxy) is 2. The van der Waals surface area contributed by atoms with Gasteiger partial charge in [-0.05, 0) is 48.2 Å². The molecule has 1 aliphatic heterocycles. The number of anilines is 1. The van der Waals surface area contributed by atoms with Crippen molar-refractivity contribution >= 4 is 17.7 Å².